The van der Waals surface area contributed by atoms with Crippen LogP contribution in [0.5, 0.6) is 0 Å². The molecular weight excluding hydrogens is 263 g/mol. The molecular formula is C12H6ClFO4. The highest BCUT2D eigenvalue weighted by atomic mass is 35.5. The van der Waals surface area contributed by atoms with E-state index >= 15 is 0 Å². The second kappa shape index (κ2) is 4.62. The SMILES string of the molecule is O=Cc1ccc(-c2cc(C(=O)O)c(F)cc2Cl)o1. The minimum atomic E-state index is -1.41. The highest BCUT2D eigenvalue weighted by Gasteiger charge is 2.17. The number of carboxylic acid groups (broad SMARTS) is 1. The minimum Gasteiger partial charge on any atom is -0.478 e. The monoisotopic (exact) mass is 268 g/mol. The van der Waals surface area contributed by atoms with Crippen molar-refractivity contribution < 1.29 is 23.5 Å². The molecule has 4 nitrogen and oxygen atoms in total. The Morgan fingerprint density at radius 2 is 2.11 bits per heavy atom. The van der Waals surface area contributed by atoms with Gasteiger partial charge in [-0.25, -0.2) is 9.18 Å². The number of carbonyl (C=O) groups excluding carboxylic acids is 1. The Bertz CT molecular complexity index is 633. The lowest BCUT2D eigenvalue weighted by molar-refractivity contribution is 0.0692. The molecule has 0 aliphatic rings. The Balaban J connectivity index is 2.59. The first-order valence-electron chi connectivity index (χ1n) is 4.80. The first kappa shape index (κ1) is 12.3. The zero-order valence-corrected chi connectivity index (χ0v) is 9.57. The molecule has 1 N–H and O–H groups in total. The van der Waals surface area contributed by atoms with Crippen molar-refractivity contribution >= 4 is 23.9 Å². The van der Waals surface area contributed by atoms with Crippen molar-refractivity contribution in [2.45, 2.75) is 0 Å². The second-order valence-corrected chi connectivity index (χ2v) is 3.84. The highest BCUT2D eigenvalue weighted by Crippen LogP contribution is 2.31. The Kier molecular flexibility index (Phi) is 3.16. The molecule has 1 aromatic heterocycles. The molecule has 18 heavy (non-hydrogen) atoms. The molecule has 0 aliphatic carbocycles. The van der Waals surface area contributed by atoms with E-state index < -0.39 is 17.3 Å². The summed E-state index contributed by atoms with van der Waals surface area (Å²) in [4.78, 5) is 21.3. The summed E-state index contributed by atoms with van der Waals surface area (Å²) in [7, 11) is 0. The zero-order valence-electron chi connectivity index (χ0n) is 8.81. The summed E-state index contributed by atoms with van der Waals surface area (Å²) in [5.41, 5.74) is -0.304. The molecule has 2 aromatic rings. The molecule has 0 radical (unpaired) electrons. The maximum atomic E-state index is 13.3. The van der Waals surface area contributed by atoms with Crippen molar-refractivity contribution in [3.05, 3.63) is 46.4 Å². The largest absolute Gasteiger partial charge is 0.478 e. The predicted molar refractivity (Wildman–Crippen MR) is 61.5 cm³/mol. The van der Waals surface area contributed by atoms with Crippen LogP contribution in [0.25, 0.3) is 11.3 Å². The average Bonchev–Trinajstić information content (AvgIpc) is 2.77. The number of hydrogen-bond donors (Lipinski definition) is 1. The number of rotatable bonds is 3. The molecule has 1 heterocycles. The molecule has 0 unspecified atom stereocenters. The fraction of sp³-hybridized carbons (Fsp3) is 0. The van der Waals surface area contributed by atoms with Crippen molar-refractivity contribution in [1.29, 1.82) is 0 Å². The maximum absolute atomic E-state index is 13.3. The number of benzene rings is 1. The van der Waals surface area contributed by atoms with Crippen LogP contribution in [0.2, 0.25) is 5.02 Å². The number of aromatic carboxylic acids is 1. The molecule has 0 spiro atoms. The maximum Gasteiger partial charge on any atom is 0.338 e. The number of hydrogen-bond acceptors (Lipinski definition) is 3. The van der Waals surface area contributed by atoms with Gasteiger partial charge < -0.3 is 9.52 Å². The van der Waals surface area contributed by atoms with Crippen LogP contribution < -0.4 is 0 Å². The van der Waals surface area contributed by atoms with Gasteiger partial charge in [-0.1, -0.05) is 11.6 Å². The summed E-state index contributed by atoms with van der Waals surface area (Å²) >= 11 is 5.81. The molecule has 0 bridgehead atoms. The number of aldehydes is 1. The van der Waals surface area contributed by atoms with E-state index in [0.717, 1.165) is 12.1 Å². The third-order valence-electron chi connectivity index (χ3n) is 2.30. The van der Waals surface area contributed by atoms with Crippen LogP contribution >= 0.6 is 11.6 Å². The number of carboxylic acids is 1. The van der Waals surface area contributed by atoms with Crippen LogP contribution in [0, 0.1) is 5.82 Å². The lowest BCUT2D eigenvalue weighted by atomic mass is 10.1. The van der Waals surface area contributed by atoms with Crippen LogP contribution in [0.4, 0.5) is 4.39 Å². The Morgan fingerprint density at radius 1 is 1.39 bits per heavy atom. The molecule has 1 aromatic carbocycles. The van der Waals surface area contributed by atoms with Crippen LogP contribution in [-0.4, -0.2) is 17.4 Å². The first-order chi connectivity index (χ1) is 8.52. The number of furan rings is 1. The Hall–Kier alpha value is -2.14. The summed E-state index contributed by atoms with van der Waals surface area (Å²) in [5.74, 6) is -2.07. The van der Waals surface area contributed by atoms with E-state index in [1.807, 2.05) is 0 Å². The van der Waals surface area contributed by atoms with Crippen LogP contribution in [0.3, 0.4) is 0 Å². The lowest BCUT2D eigenvalue weighted by Crippen LogP contribution is -2.01. The normalized spacial score (nSPS) is 10.3. The van der Waals surface area contributed by atoms with Crippen molar-refractivity contribution in [2.24, 2.45) is 0 Å². The van der Waals surface area contributed by atoms with Gasteiger partial charge in [0.05, 0.1) is 10.6 Å². The topological polar surface area (TPSA) is 67.5 Å². The van der Waals surface area contributed by atoms with E-state index in [4.69, 9.17) is 21.1 Å². The lowest BCUT2D eigenvalue weighted by Gasteiger charge is -2.04. The van der Waals surface area contributed by atoms with Gasteiger partial charge in [-0.05, 0) is 24.3 Å². The molecule has 2 rings (SSSR count). The van der Waals surface area contributed by atoms with E-state index in [2.05, 4.69) is 0 Å². The molecule has 92 valence electrons. The van der Waals surface area contributed by atoms with Crippen LogP contribution in [0.1, 0.15) is 20.9 Å². The third kappa shape index (κ3) is 2.12. The third-order valence-corrected chi connectivity index (χ3v) is 2.61. The second-order valence-electron chi connectivity index (χ2n) is 3.44. The Labute approximate surface area is 106 Å². The standard InChI is InChI=1S/C12H6ClFO4/c13-9-4-10(14)8(12(16)17)3-7(9)11-2-1-6(5-15)18-11/h1-5H,(H,16,17). The highest BCUT2D eigenvalue weighted by molar-refractivity contribution is 6.33. The zero-order chi connectivity index (χ0) is 13.3. The van der Waals surface area contributed by atoms with Crippen molar-refractivity contribution in [1.82, 2.24) is 0 Å². The molecule has 0 atom stereocenters. The molecule has 0 amide bonds. The molecule has 0 aliphatic heterocycles. The van der Waals surface area contributed by atoms with Crippen molar-refractivity contribution in [3.63, 3.8) is 0 Å². The summed E-state index contributed by atoms with van der Waals surface area (Å²) in [6, 6.07) is 4.81. The van der Waals surface area contributed by atoms with Crippen molar-refractivity contribution in [3.8, 4) is 11.3 Å². The first-order valence-corrected chi connectivity index (χ1v) is 5.18. The molecule has 0 fully saturated rings. The summed E-state index contributed by atoms with van der Waals surface area (Å²) in [6.45, 7) is 0. The van der Waals surface area contributed by atoms with E-state index in [1.54, 1.807) is 0 Å². The fourth-order valence-corrected chi connectivity index (χ4v) is 1.71. The van der Waals surface area contributed by atoms with Gasteiger partial charge in [-0.3, -0.25) is 4.79 Å². The number of halogens is 2. The smallest absolute Gasteiger partial charge is 0.338 e. The van der Waals surface area contributed by atoms with Crippen LogP contribution in [-0.2, 0) is 0 Å². The van der Waals surface area contributed by atoms with Gasteiger partial charge >= 0.3 is 5.97 Å². The molecule has 0 saturated carbocycles. The van der Waals surface area contributed by atoms with E-state index in [1.165, 1.54) is 12.1 Å². The summed E-state index contributed by atoms with van der Waals surface area (Å²) in [5, 5.41) is 8.81. The Morgan fingerprint density at radius 3 is 2.67 bits per heavy atom. The summed E-state index contributed by atoms with van der Waals surface area (Å²) < 4.78 is 18.4. The van der Waals surface area contributed by atoms with E-state index in [0.29, 0.717) is 6.29 Å². The minimum absolute atomic E-state index is 0.00398. The van der Waals surface area contributed by atoms with Gasteiger partial charge in [-0.2, -0.15) is 0 Å². The molecule has 0 saturated heterocycles. The quantitative estimate of drug-likeness (QED) is 0.868. The van der Waals surface area contributed by atoms with Crippen LogP contribution in [0.15, 0.2) is 28.7 Å². The van der Waals surface area contributed by atoms with E-state index in [9.17, 15) is 14.0 Å². The van der Waals surface area contributed by atoms with Gasteiger partial charge in [0.15, 0.2) is 12.0 Å². The average molecular weight is 269 g/mol. The predicted octanol–water partition coefficient (Wildman–Crippen LogP) is 3.25. The van der Waals surface area contributed by atoms with Gasteiger partial charge in [0, 0.05) is 5.56 Å². The van der Waals surface area contributed by atoms with Gasteiger partial charge in [-0.15, -0.1) is 0 Å². The van der Waals surface area contributed by atoms with E-state index in [-0.39, 0.29) is 22.1 Å². The summed E-state index contributed by atoms with van der Waals surface area (Å²) in [6.07, 6.45) is 0.499. The molecule has 6 heteroatoms. The van der Waals surface area contributed by atoms with Gasteiger partial charge in [0.1, 0.15) is 11.6 Å². The van der Waals surface area contributed by atoms with Gasteiger partial charge in [0.25, 0.3) is 0 Å². The van der Waals surface area contributed by atoms with Gasteiger partial charge in [0.2, 0.25) is 0 Å². The number of carbonyl (C=O) groups is 2. The van der Waals surface area contributed by atoms with Crippen molar-refractivity contribution in [2.75, 3.05) is 0 Å². The fourth-order valence-electron chi connectivity index (χ4n) is 1.46.